The van der Waals surface area contributed by atoms with E-state index in [-0.39, 0.29) is 0 Å². The maximum atomic E-state index is 12.3. The molecule has 7 heteroatoms. The van der Waals surface area contributed by atoms with Gasteiger partial charge in [0, 0.05) is 32.4 Å². The van der Waals surface area contributed by atoms with E-state index < -0.39 is 11.7 Å². The summed E-state index contributed by atoms with van der Waals surface area (Å²) in [7, 11) is 1.88. The molecule has 19 heavy (non-hydrogen) atoms. The summed E-state index contributed by atoms with van der Waals surface area (Å²) in [6.45, 7) is 0.565. The summed E-state index contributed by atoms with van der Waals surface area (Å²) in [6, 6.07) is 2.33. The molecule has 0 saturated heterocycles. The molecule has 2 aromatic rings. The molecule has 0 fully saturated rings. The van der Waals surface area contributed by atoms with Crippen molar-refractivity contribution < 1.29 is 13.2 Å². The molecule has 2 aromatic heterocycles. The third-order valence-corrected chi connectivity index (χ3v) is 2.54. The van der Waals surface area contributed by atoms with E-state index in [4.69, 9.17) is 0 Å². The van der Waals surface area contributed by atoms with Crippen LogP contribution in [0.2, 0.25) is 0 Å². The predicted octanol–water partition coefficient (Wildman–Crippen LogP) is 2.49. The van der Waals surface area contributed by atoms with E-state index in [0.717, 1.165) is 18.0 Å². The number of nitrogens with one attached hydrogen (secondary N) is 1. The fraction of sp³-hybridized carbons (Fsp3) is 0.333. The molecule has 0 aromatic carbocycles. The molecule has 102 valence electrons. The molecule has 0 unspecified atom stereocenters. The Balaban J connectivity index is 1.86. The van der Waals surface area contributed by atoms with E-state index in [1.165, 1.54) is 6.07 Å². The van der Waals surface area contributed by atoms with Crippen LogP contribution in [0, 0.1) is 0 Å². The van der Waals surface area contributed by atoms with Gasteiger partial charge in [0.05, 0.1) is 17.6 Å². The van der Waals surface area contributed by atoms with Gasteiger partial charge in [0.15, 0.2) is 0 Å². The van der Waals surface area contributed by atoms with E-state index >= 15 is 0 Å². The second kappa shape index (κ2) is 5.29. The van der Waals surface area contributed by atoms with Gasteiger partial charge in [-0.2, -0.15) is 13.2 Å². The Morgan fingerprint density at radius 1 is 1.26 bits per heavy atom. The smallest absolute Gasteiger partial charge is 0.370 e. The average molecular weight is 270 g/mol. The fourth-order valence-corrected chi connectivity index (χ4v) is 1.58. The van der Waals surface area contributed by atoms with Gasteiger partial charge in [-0.15, -0.1) is 0 Å². The van der Waals surface area contributed by atoms with Crippen molar-refractivity contribution in [2.75, 3.05) is 11.9 Å². The lowest BCUT2D eigenvalue weighted by Crippen LogP contribution is -2.09. The first kappa shape index (κ1) is 13.4. The van der Waals surface area contributed by atoms with Gasteiger partial charge < -0.3 is 9.88 Å². The molecule has 0 amide bonds. The molecule has 2 rings (SSSR count). The molecule has 0 aliphatic carbocycles. The standard InChI is InChI=1S/C12H13F3N4/c1-19-7-10(18-8-19)4-5-16-11-3-2-9(6-17-11)12(13,14)15/h2-3,6-8H,4-5H2,1H3,(H,16,17). The fourth-order valence-electron chi connectivity index (χ4n) is 1.58. The summed E-state index contributed by atoms with van der Waals surface area (Å²) < 4.78 is 38.8. The molecule has 0 radical (unpaired) electrons. The summed E-state index contributed by atoms with van der Waals surface area (Å²) in [5.74, 6) is 0.420. The van der Waals surface area contributed by atoms with E-state index in [2.05, 4.69) is 15.3 Å². The second-order valence-electron chi connectivity index (χ2n) is 4.14. The molecule has 0 atom stereocenters. The number of imidazole rings is 1. The molecule has 0 aliphatic rings. The van der Waals surface area contributed by atoms with E-state index in [0.29, 0.717) is 18.8 Å². The van der Waals surface area contributed by atoms with Crippen molar-refractivity contribution in [3.8, 4) is 0 Å². The number of rotatable bonds is 4. The van der Waals surface area contributed by atoms with Crippen molar-refractivity contribution in [2.24, 2.45) is 7.05 Å². The number of aromatic nitrogens is 3. The Hall–Kier alpha value is -2.05. The number of halogens is 3. The van der Waals surface area contributed by atoms with Gasteiger partial charge >= 0.3 is 6.18 Å². The molecular formula is C12H13F3N4. The first-order valence-corrected chi connectivity index (χ1v) is 5.69. The van der Waals surface area contributed by atoms with Crippen LogP contribution in [0.1, 0.15) is 11.3 Å². The lowest BCUT2D eigenvalue weighted by molar-refractivity contribution is -0.137. The molecule has 2 heterocycles. The van der Waals surface area contributed by atoms with Crippen molar-refractivity contribution in [3.63, 3.8) is 0 Å². The third-order valence-electron chi connectivity index (χ3n) is 2.54. The lowest BCUT2D eigenvalue weighted by atomic mass is 10.2. The van der Waals surface area contributed by atoms with Crippen molar-refractivity contribution in [1.82, 2.24) is 14.5 Å². The van der Waals surface area contributed by atoms with Crippen LogP contribution in [0.5, 0.6) is 0 Å². The van der Waals surface area contributed by atoms with Gasteiger partial charge in [-0.3, -0.25) is 0 Å². The summed E-state index contributed by atoms with van der Waals surface area (Å²) in [4.78, 5) is 7.87. The molecule has 0 aliphatic heterocycles. The maximum Gasteiger partial charge on any atom is 0.417 e. The minimum absolute atomic E-state index is 0.420. The van der Waals surface area contributed by atoms with Gasteiger partial charge in [0.1, 0.15) is 5.82 Å². The highest BCUT2D eigenvalue weighted by atomic mass is 19.4. The summed E-state index contributed by atoms with van der Waals surface area (Å²) in [6.07, 6.45) is 0.750. The first-order valence-electron chi connectivity index (χ1n) is 5.69. The molecule has 0 spiro atoms. The highest BCUT2D eigenvalue weighted by molar-refractivity contribution is 5.36. The van der Waals surface area contributed by atoms with Crippen molar-refractivity contribution in [1.29, 1.82) is 0 Å². The minimum atomic E-state index is -4.35. The number of nitrogens with zero attached hydrogens (tertiary/aromatic N) is 3. The highest BCUT2D eigenvalue weighted by Crippen LogP contribution is 2.28. The predicted molar refractivity (Wildman–Crippen MR) is 64.6 cm³/mol. The number of anilines is 1. The van der Waals surface area contributed by atoms with Crippen molar-refractivity contribution >= 4 is 5.82 Å². The van der Waals surface area contributed by atoms with E-state index in [1.54, 1.807) is 6.33 Å². The number of pyridine rings is 1. The van der Waals surface area contributed by atoms with Crippen LogP contribution >= 0.6 is 0 Å². The molecule has 4 nitrogen and oxygen atoms in total. The Labute approximate surface area is 108 Å². The number of hydrogen-bond donors (Lipinski definition) is 1. The third kappa shape index (κ3) is 3.70. The first-order chi connectivity index (χ1) is 8.95. The normalized spacial score (nSPS) is 11.6. The SMILES string of the molecule is Cn1cnc(CCNc2ccc(C(F)(F)F)cn2)c1. The Morgan fingerprint density at radius 2 is 2.05 bits per heavy atom. The highest BCUT2D eigenvalue weighted by Gasteiger charge is 2.30. The van der Waals surface area contributed by atoms with Crippen molar-refractivity contribution in [3.05, 3.63) is 42.1 Å². The minimum Gasteiger partial charge on any atom is -0.370 e. The van der Waals surface area contributed by atoms with Crippen LogP contribution in [0.25, 0.3) is 0 Å². The molecule has 1 N–H and O–H groups in total. The summed E-state index contributed by atoms with van der Waals surface area (Å²) in [5.41, 5.74) is 0.171. The van der Waals surface area contributed by atoms with Crippen LogP contribution in [0.4, 0.5) is 19.0 Å². The second-order valence-corrected chi connectivity index (χ2v) is 4.14. The molecular weight excluding hydrogens is 257 g/mol. The van der Waals surface area contributed by atoms with Crippen molar-refractivity contribution in [2.45, 2.75) is 12.6 Å². The van der Waals surface area contributed by atoms with Crippen LogP contribution in [0.3, 0.4) is 0 Å². The maximum absolute atomic E-state index is 12.3. The van der Waals surface area contributed by atoms with Crippen LogP contribution in [-0.2, 0) is 19.6 Å². The summed E-state index contributed by atoms with van der Waals surface area (Å²) >= 11 is 0. The zero-order valence-electron chi connectivity index (χ0n) is 10.3. The largest absolute Gasteiger partial charge is 0.417 e. The Kier molecular flexibility index (Phi) is 3.73. The van der Waals surface area contributed by atoms with E-state index in [1.807, 2.05) is 17.8 Å². The monoisotopic (exact) mass is 270 g/mol. The Morgan fingerprint density at radius 3 is 2.58 bits per heavy atom. The van der Waals surface area contributed by atoms with Crippen LogP contribution < -0.4 is 5.32 Å². The van der Waals surface area contributed by atoms with Gasteiger partial charge in [-0.1, -0.05) is 0 Å². The number of aryl methyl sites for hydroxylation is 1. The number of alkyl halides is 3. The number of hydrogen-bond acceptors (Lipinski definition) is 3. The Bertz CT molecular complexity index is 531. The van der Waals surface area contributed by atoms with Gasteiger partial charge in [0.2, 0.25) is 0 Å². The summed E-state index contributed by atoms with van der Waals surface area (Å²) in [5, 5.41) is 2.95. The van der Waals surface area contributed by atoms with Crippen LogP contribution in [-0.4, -0.2) is 21.1 Å². The average Bonchev–Trinajstić information content (AvgIpc) is 2.75. The van der Waals surface area contributed by atoms with Crippen LogP contribution in [0.15, 0.2) is 30.9 Å². The van der Waals surface area contributed by atoms with Gasteiger partial charge in [-0.25, -0.2) is 9.97 Å². The van der Waals surface area contributed by atoms with E-state index in [9.17, 15) is 13.2 Å². The zero-order chi connectivity index (χ0) is 13.9. The van der Waals surface area contributed by atoms with Gasteiger partial charge in [0.25, 0.3) is 0 Å². The quantitative estimate of drug-likeness (QED) is 0.928. The van der Waals surface area contributed by atoms with Gasteiger partial charge in [-0.05, 0) is 12.1 Å². The zero-order valence-corrected chi connectivity index (χ0v) is 10.3. The molecule has 0 saturated carbocycles. The molecule has 0 bridgehead atoms. The lowest BCUT2D eigenvalue weighted by Gasteiger charge is -2.08. The topological polar surface area (TPSA) is 42.7 Å².